The van der Waals surface area contributed by atoms with Crippen LogP contribution in [0.4, 0.5) is 10.5 Å². The summed E-state index contributed by atoms with van der Waals surface area (Å²) in [5.74, 6) is -6.65. The molecular formula is C26H34N4O11. The van der Waals surface area contributed by atoms with Crippen molar-refractivity contribution in [2.24, 2.45) is 5.41 Å². The van der Waals surface area contributed by atoms with Crippen LogP contribution in [0, 0.1) is 15.5 Å². The number of imide groups is 2. The molecule has 4 N–H and O–H groups in total. The maximum atomic E-state index is 13.5. The van der Waals surface area contributed by atoms with E-state index >= 15 is 0 Å². The van der Waals surface area contributed by atoms with Crippen LogP contribution in [-0.4, -0.2) is 84.4 Å². The van der Waals surface area contributed by atoms with Gasteiger partial charge in [0.1, 0.15) is 17.5 Å². The maximum absolute atomic E-state index is 13.5. The van der Waals surface area contributed by atoms with Crippen LogP contribution in [-0.2, 0) is 30.5 Å². The second-order valence-electron chi connectivity index (χ2n) is 9.66. The summed E-state index contributed by atoms with van der Waals surface area (Å²) in [7, 11) is 0. The van der Waals surface area contributed by atoms with Crippen molar-refractivity contribution >= 4 is 41.4 Å². The SMILES string of the molecule is CCC1(CC)C(=O)N([C@@H](CCCCNCc2ccc([N+](=O)[O-])cc2)C(=O)O)C(=O)N([C@@H](CCC(=O)O)C(=O)O)C1=O. The number of nitro benzene ring substituents is 1. The van der Waals surface area contributed by atoms with E-state index in [9.17, 15) is 49.1 Å². The van der Waals surface area contributed by atoms with Crippen molar-refractivity contribution in [3.63, 3.8) is 0 Å². The molecule has 0 unspecified atom stereocenters. The molecule has 1 aromatic rings. The van der Waals surface area contributed by atoms with Crippen molar-refractivity contribution in [3.05, 3.63) is 39.9 Å². The number of carboxylic acids is 3. The molecule has 1 aromatic carbocycles. The number of amides is 4. The zero-order valence-corrected chi connectivity index (χ0v) is 22.8. The lowest BCUT2D eigenvalue weighted by Crippen LogP contribution is -2.70. The second kappa shape index (κ2) is 14.3. The number of nitrogens with one attached hydrogen (secondary N) is 1. The molecule has 1 aliphatic heterocycles. The first kappa shape index (κ1) is 32.8. The number of urea groups is 1. The lowest BCUT2D eigenvalue weighted by molar-refractivity contribution is -0.384. The molecule has 0 saturated carbocycles. The molecule has 0 aromatic heterocycles. The summed E-state index contributed by atoms with van der Waals surface area (Å²) >= 11 is 0. The van der Waals surface area contributed by atoms with Crippen molar-refractivity contribution in [1.29, 1.82) is 0 Å². The first-order valence-electron chi connectivity index (χ1n) is 13.1. The molecule has 1 heterocycles. The van der Waals surface area contributed by atoms with E-state index in [-0.39, 0.29) is 31.4 Å². The monoisotopic (exact) mass is 578 g/mol. The number of benzene rings is 1. The van der Waals surface area contributed by atoms with Crippen LogP contribution in [0.15, 0.2) is 24.3 Å². The zero-order chi connectivity index (χ0) is 30.9. The van der Waals surface area contributed by atoms with Gasteiger partial charge in [-0.15, -0.1) is 0 Å². The van der Waals surface area contributed by atoms with Gasteiger partial charge in [0, 0.05) is 25.1 Å². The Hall–Kier alpha value is -4.40. The number of non-ortho nitro benzene ring substituents is 1. The molecule has 224 valence electrons. The smallest absolute Gasteiger partial charge is 0.335 e. The summed E-state index contributed by atoms with van der Waals surface area (Å²) < 4.78 is 0. The number of hydrogen-bond donors (Lipinski definition) is 4. The third kappa shape index (κ3) is 7.42. The summed E-state index contributed by atoms with van der Waals surface area (Å²) in [4.78, 5) is 86.8. The summed E-state index contributed by atoms with van der Waals surface area (Å²) in [5.41, 5.74) is -1.13. The van der Waals surface area contributed by atoms with Crippen LogP contribution in [0.3, 0.4) is 0 Å². The molecule has 15 nitrogen and oxygen atoms in total. The van der Waals surface area contributed by atoms with Gasteiger partial charge >= 0.3 is 23.9 Å². The molecular weight excluding hydrogens is 544 g/mol. The normalized spacial score (nSPS) is 16.4. The van der Waals surface area contributed by atoms with Crippen LogP contribution in [0.1, 0.15) is 64.4 Å². The van der Waals surface area contributed by atoms with Crippen molar-refractivity contribution in [1.82, 2.24) is 15.1 Å². The fourth-order valence-electron chi connectivity index (χ4n) is 4.79. The van der Waals surface area contributed by atoms with Crippen molar-refractivity contribution < 1.29 is 49.0 Å². The Kier molecular flexibility index (Phi) is 11.4. The van der Waals surface area contributed by atoms with Gasteiger partial charge in [-0.05, 0) is 50.6 Å². The number of carbonyl (C=O) groups is 6. The highest BCUT2D eigenvalue weighted by atomic mass is 16.6. The van der Waals surface area contributed by atoms with Crippen LogP contribution >= 0.6 is 0 Å². The average Bonchev–Trinajstić information content (AvgIpc) is 2.91. The highest BCUT2D eigenvalue weighted by molar-refractivity contribution is 6.21. The van der Waals surface area contributed by atoms with E-state index in [1.807, 2.05) is 0 Å². The lowest BCUT2D eigenvalue weighted by Gasteiger charge is -2.46. The van der Waals surface area contributed by atoms with E-state index in [4.69, 9.17) is 5.11 Å². The second-order valence-corrected chi connectivity index (χ2v) is 9.66. The fourth-order valence-corrected chi connectivity index (χ4v) is 4.79. The molecule has 0 bridgehead atoms. The quantitative estimate of drug-likeness (QED) is 0.0903. The van der Waals surface area contributed by atoms with Gasteiger partial charge in [0.2, 0.25) is 11.8 Å². The first-order valence-corrected chi connectivity index (χ1v) is 13.1. The number of hydrogen-bond acceptors (Lipinski definition) is 9. The minimum absolute atomic E-state index is 0.0396. The standard InChI is InChI=1S/C26H34N4O11/c1-3-26(4-2)23(37)28(25(39)29(24(26)38)19(22(35)36)12-13-20(31)32)18(21(33)34)7-5-6-14-27-15-16-8-10-17(11-9-16)30(40)41/h8-11,18-19,27H,3-7,12-15H2,1-2H3,(H,31,32)(H,33,34)(H,35,36)/t18-,19-/m0/s1. The summed E-state index contributed by atoms with van der Waals surface area (Å²) in [6.07, 6.45) is -1.07. The average molecular weight is 579 g/mol. The third-order valence-corrected chi connectivity index (χ3v) is 7.26. The van der Waals surface area contributed by atoms with Crippen LogP contribution in [0.25, 0.3) is 0 Å². The fraction of sp³-hybridized carbons (Fsp3) is 0.538. The predicted molar refractivity (Wildman–Crippen MR) is 140 cm³/mol. The number of nitrogens with zero attached hydrogens (tertiary/aromatic N) is 3. The van der Waals surface area contributed by atoms with Gasteiger partial charge in [-0.25, -0.2) is 24.2 Å². The topological polar surface area (TPSA) is 225 Å². The largest absolute Gasteiger partial charge is 0.481 e. The van der Waals surface area contributed by atoms with Gasteiger partial charge in [0.25, 0.3) is 5.69 Å². The lowest BCUT2D eigenvalue weighted by atomic mass is 9.77. The molecule has 0 aliphatic carbocycles. The van der Waals surface area contributed by atoms with Gasteiger partial charge in [-0.1, -0.05) is 26.0 Å². The number of carbonyl (C=O) groups excluding carboxylic acids is 3. The number of nitro groups is 1. The number of barbiturate groups is 1. The summed E-state index contributed by atoms with van der Waals surface area (Å²) in [5, 5.41) is 42.6. The highest BCUT2D eigenvalue weighted by Gasteiger charge is 2.59. The number of aliphatic carboxylic acids is 3. The molecule has 1 saturated heterocycles. The Morgan fingerprint density at radius 3 is 1.85 bits per heavy atom. The summed E-state index contributed by atoms with van der Waals surface area (Å²) in [6, 6.07) is 0.945. The molecule has 15 heteroatoms. The Morgan fingerprint density at radius 2 is 1.41 bits per heavy atom. The van der Waals surface area contributed by atoms with Gasteiger partial charge in [-0.3, -0.25) is 24.5 Å². The Labute approximate surface area is 235 Å². The van der Waals surface area contributed by atoms with Gasteiger partial charge in [0.05, 0.1) is 4.92 Å². The molecule has 41 heavy (non-hydrogen) atoms. The number of rotatable bonds is 17. The molecule has 2 atom stereocenters. The van der Waals surface area contributed by atoms with Crippen LogP contribution in [0.5, 0.6) is 0 Å². The molecule has 0 radical (unpaired) electrons. The predicted octanol–water partition coefficient (Wildman–Crippen LogP) is 2.22. The maximum Gasteiger partial charge on any atom is 0.335 e. The molecule has 1 fully saturated rings. The van der Waals surface area contributed by atoms with Crippen LogP contribution < -0.4 is 5.32 Å². The van der Waals surface area contributed by atoms with Crippen molar-refractivity contribution in [2.75, 3.05) is 6.54 Å². The van der Waals surface area contributed by atoms with E-state index in [1.165, 1.54) is 26.0 Å². The Balaban J connectivity index is 2.19. The van der Waals surface area contributed by atoms with Crippen molar-refractivity contribution in [3.8, 4) is 0 Å². The summed E-state index contributed by atoms with van der Waals surface area (Å²) in [6.45, 7) is 3.79. The Bertz CT molecular complexity index is 1180. The molecule has 4 amide bonds. The first-order chi connectivity index (χ1) is 19.3. The van der Waals surface area contributed by atoms with Crippen molar-refractivity contribution in [2.45, 2.75) is 77.4 Å². The van der Waals surface area contributed by atoms with Crippen LogP contribution in [0.2, 0.25) is 0 Å². The van der Waals surface area contributed by atoms with Gasteiger partial charge in [0.15, 0.2) is 0 Å². The highest BCUT2D eigenvalue weighted by Crippen LogP contribution is 2.39. The molecule has 2 rings (SSSR count). The minimum Gasteiger partial charge on any atom is -0.481 e. The zero-order valence-electron chi connectivity index (χ0n) is 22.8. The van der Waals surface area contributed by atoms with E-state index in [1.54, 1.807) is 12.1 Å². The number of unbranched alkanes of at least 4 members (excludes halogenated alkanes) is 1. The van der Waals surface area contributed by atoms with Gasteiger partial charge in [-0.2, -0.15) is 0 Å². The minimum atomic E-state index is -1.91. The van der Waals surface area contributed by atoms with E-state index in [0.29, 0.717) is 29.3 Å². The van der Waals surface area contributed by atoms with E-state index in [0.717, 1.165) is 5.56 Å². The Morgan fingerprint density at radius 1 is 0.902 bits per heavy atom. The molecule has 1 aliphatic rings. The number of carboxylic acid groups (broad SMARTS) is 3. The molecule has 0 spiro atoms. The third-order valence-electron chi connectivity index (χ3n) is 7.26. The van der Waals surface area contributed by atoms with E-state index < -0.39 is 71.0 Å². The van der Waals surface area contributed by atoms with Gasteiger partial charge < -0.3 is 20.6 Å². The van der Waals surface area contributed by atoms with E-state index in [2.05, 4.69) is 5.32 Å².